The second-order valence-corrected chi connectivity index (χ2v) is 8.94. The number of carbonyl (C=O) groups is 2. The maximum absolute atomic E-state index is 15.2. The van der Waals surface area contributed by atoms with Gasteiger partial charge >= 0.3 is 12.1 Å². The van der Waals surface area contributed by atoms with Gasteiger partial charge in [-0.05, 0) is 37.6 Å². The van der Waals surface area contributed by atoms with Gasteiger partial charge in [-0.1, -0.05) is 42.5 Å². The summed E-state index contributed by atoms with van der Waals surface area (Å²) in [4.78, 5) is 32.8. The molecular weight excluding hydrogens is 461 g/mol. The van der Waals surface area contributed by atoms with Gasteiger partial charge in [-0.3, -0.25) is 9.88 Å². The number of pyridine rings is 1. The van der Waals surface area contributed by atoms with Gasteiger partial charge in [0, 0.05) is 43.5 Å². The zero-order valence-electron chi connectivity index (χ0n) is 20.4. The normalized spacial score (nSPS) is 17.9. The standard InChI is InChI=1S/C27H30FN5O3/c1-19-15-32(16-20(2)33(19)27(35)36-18-21-8-4-3-5-9-21)17-22-10-6-12-24(25(22)28)31-26(34)30-23-11-7-13-29-14-23/h3-14,19-20H,15-18H2,1-2H3,(H2,30,31,34)/t19-,20+. The Balaban J connectivity index is 1.34. The van der Waals surface area contributed by atoms with Crippen LogP contribution >= 0.6 is 0 Å². The van der Waals surface area contributed by atoms with Crippen molar-refractivity contribution in [3.63, 3.8) is 0 Å². The van der Waals surface area contributed by atoms with Gasteiger partial charge < -0.3 is 20.3 Å². The molecular formula is C27H30FN5O3. The molecule has 1 saturated heterocycles. The largest absolute Gasteiger partial charge is 0.445 e. The van der Waals surface area contributed by atoms with Crippen molar-refractivity contribution < 1.29 is 18.7 Å². The molecule has 2 heterocycles. The van der Waals surface area contributed by atoms with Crippen LogP contribution in [0.25, 0.3) is 0 Å². The lowest BCUT2D eigenvalue weighted by atomic mass is 10.1. The zero-order chi connectivity index (χ0) is 25.5. The molecule has 0 bridgehead atoms. The first-order valence-electron chi connectivity index (χ1n) is 11.9. The molecule has 8 nitrogen and oxygen atoms in total. The third kappa shape index (κ3) is 6.37. The van der Waals surface area contributed by atoms with E-state index in [1.807, 2.05) is 44.2 Å². The Labute approximate surface area is 210 Å². The molecule has 36 heavy (non-hydrogen) atoms. The second kappa shape index (κ2) is 11.6. The Morgan fingerprint density at radius 1 is 1.00 bits per heavy atom. The lowest BCUT2D eigenvalue weighted by molar-refractivity contribution is 0.0184. The predicted molar refractivity (Wildman–Crippen MR) is 136 cm³/mol. The topological polar surface area (TPSA) is 86.8 Å². The van der Waals surface area contributed by atoms with Crippen LogP contribution < -0.4 is 10.6 Å². The SMILES string of the molecule is C[C@@H]1CN(Cc2cccc(NC(=O)Nc3cccnc3)c2F)C[C@H](C)N1C(=O)OCc1ccccc1. The summed E-state index contributed by atoms with van der Waals surface area (Å²) in [5.74, 6) is -0.483. The molecule has 9 heteroatoms. The number of piperazine rings is 1. The Hall–Kier alpha value is -3.98. The van der Waals surface area contributed by atoms with Gasteiger partial charge in [0.15, 0.2) is 5.82 Å². The minimum absolute atomic E-state index is 0.0955. The number of rotatable bonds is 6. The van der Waals surface area contributed by atoms with Gasteiger partial charge in [-0.25, -0.2) is 14.0 Å². The number of aromatic nitrogens is 1. The first kappa shape index (κ1) is 25.1. The van der Waals surface area contributed by atoms with E-state index in [0.29, 0.717) is 30.9 Å². The van der Waals surface area contributed by atoms with Crippen LogP contribution in [0.5, 0.6) is 0 Å². The summed E-state index contributed by atoms with van der Waals surface area (Å²) in [6, 6.07) is 17.1. The minimum atomic E-state index is -0.552. The molecule has 1 aliphatic rings. The molecule has 1 fully saturated rings. The summed E-state index contributed by atoms with van der Waals surface area (Å²) >= 11 is 0. The van der Waals surface area contributed by atoms with Crippen LogP contribution in [0, 0.1) is 5.82 Å². The highest BCUT2D eigenvalue weighted by Crippen LogP contribution is 2.23. The molecule has 0 radical (unpaired) electrons. The van der Waals surface area contributed by atoms with Crippen LogP contribution in [0.4, 0.5) is 25.4 Å². The molecule has 0 unspecified atom stereocenters. The number of hydrogen-bond acceptors (Lipinski definition) is 5. The quantitative estimate of drug-likeness (QED) is 0.501. The third-order valence-electron chi connectivity index (χ3n) is 6.05. The fourth-order valence-corrected chi connectivity index (χ4v) is 4.48. The Morgan fingerprint density at radius 2 is 1.75 bits per heavy atom. The first-order valence-corrected chi connectivity index (χ1v) is 11.9. The number of hydrogen-bond donors (Lipinski definition) is 2. The summed E-state index contributed by atoms with van der Waals surface area (Å²) in [7, 11) is 0. The molecule has 2 aromatic carbocycles. The molecule has 188 valence electrons. The van der Waals surface area contributed by atoms with Crippen LogP contribution in [0.15, 0.2) is 73.1 Å². The molecule has 0 spiro atoms. The fraction of sp³-hybridized carbons (Fsp3) is 0.296. The molecule has 1 aliphatic heterocycles. The zero-order valence-corrected chi connectivity index (χ0v) is 20.4. The first-order chi connectivity index (χ1) is 17.4. The summed E-state index contributed by atoms with van der Waals surface area (Å²) in [6.45, 7) is 5.64. The van der Waals surface area contributed by atoms with Crippen LogP contribution in [0.3, 0.4) is 0 Å². The molecule has 1 aromatic heterocycles. The lowest BCUT2D eigenvalue weighted by Gasteiger charge is -2.43. The number of carbonyl (C=O) groups excluding carboxylic acids is 2. The highest BCUT2D eigenvalue weighted by atomic mass is 19.1. The summed E-state index contributed by atoms with van der Waals surface area (Å²) in [5.41, 5.74) is 2.00. The van der Waals surface area contributed by atoms with Gasteiger partial charge in [0.2, 0.25) is 0 Å². The summed E-state index contributed by atoms with van der Waals surface area (Å²) in [5, 5.41) is 5.19. The highest BCUT2D eigenvalue weighted by molar-refractivity contribution is 5.99. The Kier molecular flexibility index (Phi) is 8.12. The minimum Gasteiger partial charge on any atom is -0.445 e. The van der Waals surface area contributed by atoms with Gasteiger partial charge in [-0.2, -0.15) is 0 Å². The van der Waals surface area contributed by atoms with Crippen molar-refractivity contribution in [3.05, 3.63) is 90.0 Å². The van der Waals surface area contributed by atoms with E-state index in [9.17, 15) is 9.59 Å². The van der Waals surface area contributed by atoms with E-state index < -0.39 is 11.8 Å². The average Bonchev–Trinajstić information content (AvgIpc) is 2.86. The Morgan fingerprint density at radius 3 is 2.44 bits per heavy atom. The monoisotopic (exact) mass is 491 g/mol. The molecule has 3 amide bonds. The number of benzene rings is 2. The third-order valence-corrected chi connectivity index (χ3v) is 6.05. The number of urea groups is 1. The van der Waals surface area contributed by atoms with Gasteiger partial charge in [0.05, 0.1) is 17.6 Å². The molecule has 4 rings (SSSR count). The van der Waals surface area contributed by atoms with Gasteiger partial charge in [0.25, 0.3) is 0 Å². The van der Waals surface area contributed by atoms with E-state index >= 15 is 4.39 Å². The molecule has 2 N–H and O–H groups in total. The highest BCUT2D eigenvalue weighted by Gasteiger charge is 2.34. The van der Waals surface area contributed by atoms with E-state index in [1.165, 1.54) is 12.3 Å². The molecule has 0 saturated carbocycles. The van der Waals surface area contributed by atoms with E-state index in [1.54, 1.807) is 35.4 Å². The molecule has 2 atom stereocenters. The van der Waals surface area contributed by atoms with Crippen molar-refractivity contribution in [2.75, 3.05) is 23.7 Å². The van der Waals surface area contributed by atoms with Crippen molar-refractivity contribution in [2.45, 2.75) is 39.1 Å². The average molecular weight is 492 g/mol. The number of anilines is 2. The van der Waals surface area contributed by atoms with Crippen molar-refractivity contribution in [1.29, 1.82) is 0 Å². The maximum atomic E-state index is 15.2. The Bertz CT molecular complexity index is 1170. The summed E-state index contributed by atoms with van der Waals surface area (Å²) in [6.07, 6.45) is 2.75. The van der Waals surface area contributed by atoms with Crippen LogP contribution in [-0.4, -0.2) is 52.1 Å². The van der Waals surface area contributed by atoms with Crippen molar-refractivity contribution in [2.24, 2.45) is 0 Å². The lowest BCUT2D eigenvalue weighted by Crippen LogP contribution is -2.58. The fourth-order valence-electron chi connectivity index (χ4n) is 4.48. The smallest absolute Gasteiger partial charge is 0.410 e. The van der Waals surface area contributed by atoms with E-state index in [4.69, 9.17) is 4.74 Å². The van der Waals surface area contributed by atoms with Gasteiger partial charge in [-0.15, -0.1) is 0 Å². The van der Waals surface area contributed by atoms with Crippen molar-refractivity contribution in [3.8, 4) is 0 Å². The number of ether oxygens (including phenoxy) is 1. The van der Waals surface area contributed by atoms with Crippen molar-refractivity contribution >= 4 is 23.5 Å². The summed E-state index contributed by atoms with van der Waals surface area (Å²) < 4.78 is 20.8. The molecule has 3 aromatic rings. The predicted octanol–water partition coefficient (Wildman–Crippen LogP) is 5.10. The number of nitrogens with zero attached hydrogens (tertiary/aromatic N) is 3. The van der Waals surface area contributed by atoms with Crippen LogP contribution in [0.1, 0.15) is 25.0 Å². The van der Waals surface area contributed by atoms with Crippen LogP contribution in [0.2, 0.25) is 0 Å². The van der Waals surface area contributed by atoms with E-state index in [0.717, 1.165) is 5.56 Å². The second-order valence-electron chi connectivity index (χ2n) is 8.94. The maximum Gasteiger partial charge on any atom is 0.410 e. The van der Waals surface area contributed by atoms with Gasteiger partial charge in [0.1, 0.15) is 6.61 Å². The molecule has 0 aliphatic carbocycles. The number of halogens is 1. The van der Waals surface area contributed by atoms with E-state index in [-0.39, 0.29) is 30.5 Å². The van der Waals surface area contributed by atoms with Crippen molar-refractivity contribution in [1.82, 2.24) is 14.8 Å². The number of amides is 3. The van der Waals surface area contributed by atoms with E-state index in [2.05, 4.69) is 20.5 Å². The number of nitrogens with one attached hydrogen (secondary N) is 2. The van der Waals surface area contributed by atoms with Crippen LogP contribution in [-0.2, 0) is 17.9 Å².